The standard InChI is InChI=1S/C33H26N2O7S/c1-4-41-32(39)27-18(2)34-33-35(29(27)28-23-8-6-5-7-19(23)13-15-25(28)40-3)30(36)26(43-33)17-22-14-16-24(42-22)20-9-11-21(12-10-20)31(37)38/h5-17,29H,4H2,1-3H3,(H,37,38)/p-1/b26-17+/t29-/m1/s1. The fraction of sp³-hybridized carbons (Fsp3) is 0.152. The first kappa shape index (κ1) is 27.9. The zero-order valence-corrected chi connectivity index (χ0v) is 24.3. The number of nitrogens with zero attached hydrogens (tertiary/aromatic N) is 2. The molecule has 0 bridgehead atoms. The van der Waals surface area contributed by atoms with Gasteiger partial charge in [-0.2, -0.15) is 0 Å². The number of benzene rings is 3. The third-order valence-corrected chi connectivity index (χ3v) is 8.23. The monoisotopic (exact) mass is 593 g/mol. The van der Waals surface area contributed by atoms with Crippen LogP contribution in [0.4, 0.5) is 0 Å². The Labute approximate surface area is 249 Å². The van der Waals surface area contributed by atoms with Gasteiger partial charge in [0, 0.05) is 17.2 Å². The molecule has 0 N–H and O–H groups in total. The van der Waals surface area contributed by atoms with Gasteiger partial charge in [0.05, 0.1) is 35.5 Å². The van der Waals surface area contributed by atoms with Crippen LogP contribution in [0.1, 0.15) is 41.6 Å². The number of fused-ring (bicyclic) bond motifs is 2. The van der Waals surface area contributed by atoms with Gasteiger partial charge in [-0.25, -0.2) is 9.79 Å². The van der Waals surface area contributed by atoms with Crippen LogP contribution < -0.4 is 24.7 Å². The Morgan fingerprint density at radius 3 is 2.56 bits per heavy atom. The first-order valence-electron chi connectivity index (χ1n) is 13.5. The van der Waals surface area contributed by atoms with Crippen LogP contribution in [0.25, 0.3) is 28.2 Å². The molecule has 43 heavy (non-hydrogen) atoms. The molecule has 0 saturated carbocycles. The van der Waals surface area contributed by atoms with E-state index in [0.29, 0.717) is 43.4 Å². The third-order valence-electron chi connectivity index (χ3n) is 7.25. The molecule has 0 fully saturated rings. The van der Waals surface area contributed by atoms with E-state index in [1.807, 2.05) is 36.4 Å². The lowest BCUT2D eigenvalue weighted by Gasteiger charge is -2.27. The van der Waals surface area contributed by atoms with E-state index in [1.165, 1.54) is 28.0 Å². The van der Waals surface area contributed by atoms with Crippen molar-refractivity contribution in [3.63, 3.8) is 0 Å². The van der Waals surface area contributed by atoms with Gasteiger partial charge in [0.2, 0.25) is 0 Å². The number of carbonyl (C=O) groups is 2. The van der Waals surface area contributed by atoms with E-state index in [-0.39, 0.29) is 23.3 Å². The fourth-order valence-corrected chi connectivity index (χ4v) is 6.31. The quantitative estimate of drug-likeness (QED) is 0.264. The van der Waals surface area contributed by atoms with Crippen LogP contribution >= 0.6 is 11.3 Å². The van der Waals surface area contributed by atoms with E-state index in [4.69, 9.17) is 13.9 Å². The molecule has 9 nitrogen and oxygen atoms in total. The number of allylic oxidation sites excluding steroid dienone is 1. The van der Waals surface area contributed by atoms with Gasteiger partial charge in [-0.1, -0.05) is 65.9 Å². The van der Waals surface area contributed by atoms with E-state index >= 15 is 0 Å². The highest BCUT2D eigenvalue weighted by atomic mass is 32.1. The Morgan fingerprint density at radius 2 is 1.84 bits per heavy atom. The van der Waals surface area contributed by atoms with Crippen molar-refractivity contribution in [3.05, 3.63) is 121 Å². The van der Waals surface area contributed by atoms with Crippen molar-refractivity contribution in [2.24, 2.45) is 4.99 Å². The maximum Gasteiger partial charge on any atom is 0.338 e. The molecule has 0 aliphatic carbocycles. The highest BCUT2D eigenvalue weighted by molar-refractivity contribution is 7.07. The van der Waals surface area contributed by atoms with Gasteiger partial charge >= 0.3 is 5.97 Å². The van der Waals surface area contributed by atoms with Gasteiger partial charge in [-0.05, 0) is 48.4 Å². The van der Waals surface area contributed by atoms with Crippen molar-refractivity contribution in [3.8, 4) is 17.1 Å². The summed E-state index contributed by atoms with van der Waals surface area (Å²) in [6.07, 6.45) is 1.63. The molecule has 1 aliphatic heterocycles. The van der Waals surface area contributed by atoms with Gasteiger partial charge in [0.1, 0.15) is 23.3 Å². The number of thiazole rings is 1. The number of aromatic carboxylic acids is 1. The van der Waals surface area contributed by atoms with Crippen LogP contribution in [-0.2, 0) is 9.53 Å². The molecule has 0 unspecified atom stereocenters. The number of rotatable bonds is 7. The smallest absolute Gasteiger partial charge is 0.338 e. The molecule has 6 rings (SSSR count). The Kier molecular flexibility index (Phi) is 7.29. The zero-order chi connectivity index (χ0) is 30.2. The molecule has 0 radical (unpaired) electrons. The van der Waals surface area contributed by atoms with E-state index < -0.39 is 18.0 Å². The van der Waals surface area contributed by atoms with E-state index in [9.17, 15) is 19.5 Å². The second kappa shape index (κ2) is 11.2. The summed E-state index contributed by atoms with van der Waals surface area (Å²) >= 11 is 1.18. The van der Waals surface area contributed by atoms with Crippen LogP contribution in [-0.4, -0.2) is 30.2 Å². The van der Waals surface area contributed by atoms with Crippen LogP contribution in [0.15, 0.2) is 98.3 Å². The molecule has 1 atom stereocenters. The minimum Gasteiger partial charge on any atom is -0.545 e. The molecule has 1 aliphatic rings. The summed E-state index contributed by atoms with van der Waals surface area (Å²) < 4.78 is 19.1. The molecule has 3 heterocycles. The summed E-state index contributed by atoms with van der Waals surface area (Å²) in [7, 11) is 1.55. The van der Waals surface area contributed by atoms with Crippen LogP contribution in [0, 0.1) is 0 Å². The second-order valence-corrected chi connectivity index (χ2v) is 10.8. The molecule has 0 spiro atoms. The van der Waals surface area contributed by atoms with Crippen LogP contribution in [0.2, 0.25) is 0 Å². The van der Waals surface area contributed by atoms with Crippen molar-refractivity contribution >= 4 is 40.1 Å². The van der Waals surface area contributed by atoms with Crippen molar-refractivity contribution in [2.45, 2.75) is 19.9 Å². The molecule has 0 amide bonds. The number of carboxylic acid groups (broad SMARTS) is 1. The van der Waals surface area contributed by atoms with Gasteiger partial charge < -0.3 is 23.8 Å². The SMILES string of the molecule is CCOC(=O)C1=C(C)N=c2s/c(=C/c3ccc(-c4ccc(C(=O)[O-])cc4)o3)c(=O)n2[C@H]1c1c(OC)ccc2ccccc12. The first-order chi connectivity index (χ1) is 20.8. The van der Waals surface area contributed by atoms with Crippen molar-refractivity contribution in [2.75, 3.05) is 13.7 Å². The molecule has 0 saturated heterocycles. The number of hydrogen-bond donors (Lipinski definition) is 0. The molecule has 5 aromatic rings. The summed E-state index contributed by atoms with van der Waals surface area (Å²) in [5, 5.41) is 12.8. The lowest BCUT2D eigenvalue weighted by atomic mass is 9.90. The number of ether oxygens (including phenoxy) is 2. The molecular weight excluding hydrogens is 568 g/mol. The highest BCUT2D eigenvalue weighted by Gasteiger charge is 2.36. The topological polar surface area (TPSA) is 123 Å². The number of furan rings is 1. The summed E-state index contributed by atoms with van der Waals surface area (Å²) in [5.41, 5.74) is 1.75. The normalized spacial score (nSPS) is 14.9. The van der Waals surface area contributed by atoms with Crippen molar-refractivity contribution in [1.82, 2.24) is 4.57 Å². The van der Waals surface area contributed by atoms with Gasteiger partial charge in [-0.3, -0.25) is 9.36 Å². The first-order valence-corrected chi connectivity index (χ1v) is 14.3. The summed E-state index contributed by atoms with van der Waals surface area (Å²) in [5.74, 6) is -0.371. The fourth-order valence-electron chi connectivity index (χ4n) is 5.29. The average molecular weight is 594 g/mol. The van der Waals surface area contributed by atoms with Crippen LogP contribution in [0.3, 0.4) is 0 Å². The summed E-state index contributed by atoms with van der Waals surface area (Å²) in [4.78, 5) is 43.7. The molecule has 3 aromatic carbocycles. The number of methoxy groups -OCH3 is 1. The highest BCUT2D eigenvalue weighted by Crippen LogP contribution is 2.40. The summed E-state index contributed by atoms with van der Waals surface area (Å²) in [6, 6.07) is 20.2. The van der Waals surface area contributed by atoms with Gasteiger partial charge in [0.15, 0.2) is 4.80 Å². The summed E-state index contributed by atoms with van der Waals surface area (Å²) in [6.45, 7) is 3.63. The predicted octanol–water partition coefficient (Wildman–Crippen LogP) is 3.58. The van der Waals surface area contributed by atoms with E-state index in [2.05, 4.69) is 4.99 Å². The average Bonchev–Trinajstić information content (AvgIpc) is 3.60. The largest absolute Gasteiger partial charge is 0.545 e. The number of hydrogen-bond acceptors (Lipinski definition) is 9. The number of carbonyl (C=O) groups excluding carboxylic acids is 2. The van der Waals surface area contributed by atoms with Crippen molar-refractivity contribution < 1.29 is 28.6 Å². The number of esters is 1. The lowest BCUT2D eigenvalue weighted by molar-refractivity contribution is -0.255. The molecular formula is C33H25N2O7S-. The van der Waals surface area contributed by atoms with Gasteiger partial charge in [-0.15, -0.1) is 0 Å². The maximum atomic E-state index is 14.1. The Morgan fingerprint density at radius 1 is 1.07 bits per heavy atom. The van der Waals surface area contributed by atoms with Crippen molar-refractivity contribution in [1.29, 1.82) is 0 Å². The minimum atomic E-state index is -1.26. The predicted molar refractivity (Wildman–Crippen MR) is 159 cm³/mol. The Balaban J connectivity index is 1.53. The van der Waals surface area contributed by atoms with E-state index in [0.717, 1.165) is 10.8 Å². The zero-order valence-electron chi connectivity index (χ0n) is 23.5. The molecule has 2 aromatic heterocycles. The van der Waals surface area contributed by atoms with Gasteiger partial charge in [0.25, 0.3) is 5.56 Å². The maximum absolute atomic E-state index is 14.1. The second-order valence-electron chi connectivity index (χ2n) is 9.77. The van der Waals surface area contributed by atoms with E-state index in [1.54, 1.807) is 51.3 Å². The lowest BCUT2D eigenvalue weighted by Crippen LogP contribution is -2.40. The third kappa shape index (κ3) is 4.95. The number of aromatic nitrogens is 1. The molecule has 10 heteroatoms. The van der Waals surface area contributed by atoms with Crippen LogP contribution in [0.5, 0.6) is 5.75 Å². The molecule has 216 valence electrons. The minimum absolute atomic E-state index is 0.0616. The Hall–Kier alpha value is -5.22. The Bertz CT molecular complexity index is 2120. The number of carboxylic acids is 1.